The minimum Gasteiger partial charge on any atom is -0.370 e. The molecule has 7 nitrogen and oxygen atoms in total. The van der Waals surface area contributed by atoms with Crippen molar-refractivity contribution in [3.8, 4) is 0 Å². The molecular formula is C17H26N4O3. The fourth-order valence-electron chi connectivity index (χ4n) is 3.08. The average molecular weight is 334 g/mol. The summed E-state index contributed by atoms with van der Waals surface area (Å²) in [4.78, 5) is 20.6. The summed E-state index contributed by atoms with van der Waals surface area (Å²) in [5, 5.41) is 2.87. The number of hydrogen-bond acceptors (Lipinski definition) is 6. The molecule has 0 unspecified atom stereocenters. The van der Waals surface area contributed by atoms with Crippen LogP contribution in [-0.4, -0.2) is 75.1 Å². The quantitative estimate of drug-likeness (QED) is 0.856. The van der Waals surface area contributed by atoms with E-state index < -0.39 is 0 Å². The topological polar surface area (TPSA) is 66.9 Å². The highest BCUT2D eigenvalue weighted by Crippen LogP contribution is 2.32. The molecule has 3 heterocycles. The van der Waals surface area contributed by atoms with Gasteiger partial charge in [0, 0.05) is 39.0 Å². The first-order valence-corrected chi connectivity index (χ1v) is 8.50. The van der Waals surface area contributed by atoms with Crippen molar-refractivity contribution >= 4 is 11.6 Å². The zero-order valence-corrected chi connectivity index (χ0v) is 14.5. The second-order valence-electron chi connectivity index (χ2n) is 6.56. The van der Waals surface area contributed by atoms with E-state index in [-0.39, 0.29) is 11.7 Å². The van der Waals surface area contributed by atoms with Gasteiger partial charge < -0.3 is 24.6 Å². The Morgan fingerprint density at radius 3 is 2.58 bits per heavy atom. The lowest BCUT2D eigenvalue weighted by atomic mass is 10.0. The van der Waals surface area contributed by atoms with Crippen molar-refractivity contribution < 1.29 is 14.3 Å². The molecule has 24 heavy (non-hydrogen) atoms. The maximum absolute atomic E-state index is 12.0. The van der Waals surface area contributed by atoms with Crippen molar-refractivity contribution in [1.29, 1.82) is 0 Å². The van der Waals surface area contributed by atoms with Crippen LogP contribution in [0.1, 0.15) is 23.3 Å². The van der Waals surface area contributed by atoms with E-state index >= 15 is 0 Å². The molecule has 1 amide bonds. The van der Waals surface area contributed by atoms with Gasteiger partial charge in [0.2, 0.25) is 0 Å². The van der Waals surface area contributed by atoms with Crippen molar-refractivity contribution in [2.24, 2.45) is 0 Å². The third-order valence-electron chi connectivity index (χ3n) is 4.53. The van der Waals surface area contributed by atoms with Crippen LogP contribution in [-0.2, 0) is 9.47 Å². The van der Waals surface area contributed by atoms with Crippen LogP contribution in [0.2, 0.25) is 0 Å². The van der Waals surface area contributed by atoms with Gasteiger partial charge in [-0.15, -0.1) is 0 Å². The Hall–Kier alpha value is -1.70. The average Bonchev–Trinajstić information content (AvgIpc) is 3.03. The molecule has 2 saturated heterocycles. The summed E-state index contributed by atoms with van der Waals surface area (Å²) in [6.07, 6.45) is 3.49. The summed E-state index contributed by atoms with van der Waals surface area (Å²) in [7, 11) is 3.95. The number of hydrogen-bond donors (Lipinski definition) is 1. The smallest absolute Gasteiger partial charge is 0.269 e. The first-order chi connectivity index (χ1) is 11.6. The van der Waals surface area contributed by atoms with Gasteiger partial charge in [0.1, 0.15) is 5.69 Å². The number of nitrogens with zero attached hydrogens (tertiary/aromatic N) is 3. The molecule has 0 aromatic carbocycles. The zero-order chi connectivity index (χ0) is 17.0. The van der Waals surface area contributed by atoms with E-state index in [2.05, 4.69) is 15.2 Å². The Labute approximate surface area is 142 Å². The Bertz CT molecular complexity index is 545. The number of pyridine rings is 1. The first kappa shape index (κ1) is 17.1. The van der Waals surface area contributed by atoms with Crippen molar-refractivity contribution in [2.45, 2.75) is 18.6 Å². The molecular weight excluding hydrogens is 308 g/mol. The number of amides is 1. The van der Waals surface area contributed by atoms with Gasteiger partial charge in [-0.25, -0.2) is 4.98 Å². The molecule has 0 saturated carbocycles. The first-order valence-electron chi connectivity index (χ1n) is 8.50. The lowest BCUT2D eigenvalue weighted by Crippen LogP contribution is -2.45. The van der Waals surface area contributed by atoms with Gasteiger partial charge in [0.05, 0.1) is 25.1 Å². The third-order valence-corrected chi connectivity index (χ3v) is 4.53. The monoisotopic (exact) mass is 334 g/mol. The molecule has 1 aromatic heterocycles. The molecule has 2 fully saturated rings. The summed E-state index contributed by atoms with van der Waals surface area (Å²) in [5.74, 6) is -0.496. The van der Waals surface area contributed by atoms with Crippen molar-refractivity contribution in [1.82, 2.24) is 15.2 Å². The Kier molecular flexibility index (Phi) is 5.33. The number of nitrogens with one attached hydrogen (secondary N) is 1. The summed E-state index contributed by atoms with van der Waals surface area (Å²) >= 11 is 0. The molecule has 1 N–H and O–H groups in total. The minimum atomic E-state index is -0.365. The maximum Gasteiger partial charge on any atom is 0.269 e. The molecule has 0 atom stereocenters. The number of aromatic nitrogens is 1. The van der Waals surface area contributed by atoms with Gasteiger partial charge in [-0.3, -0.25) is 4.79 Å². The van der Waals surface area contributed by atoms with E-state index in [9.17, 15) is 4.79 Å². The second kappa shape index (κ2) is 7.46. The highest BCUT2D eigenvalue weighted by molar-refractivity contribution is 5.92. The lowest BCUT2D eigenvalue weighted by Gasteiger charge is -2.38. The number of carbonyl (C=O) groups excluding carboxylic acids is 1. The van der Waals surface area contributed by atoms with Crippen LogP contribution in [0.25, 0.3) is 0 Å². The van der Waals surface area contributed by atoms with E-state index in [0.29, 0.717) is 25.5 Å². The third kappa shape index (κ3) is 4.03. The van der Waals surface area contributed by atoms with Crippen molar-refractivity contribution in [2.75, 3.05) is 58.4 Å². The van der Waals surface area contributed by atoms with Gasteiger partial charge in [0.15, 0.2) is 5.79 Å². The summed E-state index contributed by atoms with van der Waals surface area (Å²) in [6.45, 7) is 4.55. The van der Waals surface area contributed by atoms with Crippen LogP contribution in [0.5, 0.6) is 0 Å². The molecule has 7 heteroatoms. The molecule has 1 aromatic rings. The largest absolute Gasteiger partial charge is 0.370 e. The predicted molar refractivity (Wildman–Crippen MR) is 91.2 cm³/mol. The van der Waals surface area contributed by atoms with Crippen LogP contribution in [0, 0.1) is 0 Å². The maximum atomic E-state index is 12.0. The summed E-state index contributed by atoms with van der Waals surface area (Å²) in [5.41, 5.74) is 1.49. The fourth-order valence-corrected chi connectivity index (χ4v) is 3.08. The minimum absolute atomic E-state index is 0.131. The van der Waals surface area contributed by atoms with Crippen LogP contribution in [0.15, 0.2) is 18.3 Å². The molecule has 2 aliphatic heterocycles. The molecule has 1 spiro atoms. The van der Waals surface area contributed by atoms with Crippen molar-refractivity contribution in [3.05, 3.63) is 24.0 Å². The van der Waals surface area contributed by atoms with Crippen LogP contribution < -0.4 is 10.2 Å². The Morgan fingerprint density at radius 2 is 2.00 bits per heavy atom. The van der Waals surface area contributed by atoms with E-state index in [0.717, 1.165) is 38.2 Å². The Balaban J connectivity index is 1.52. The van der Waals surface area contributed by atoms with Gasteiger partial charge in [0.25, 0.3) is 5.91 Å². The highest BCUT2D eigenvalue weighted by Gasteiger charge is 2.39. The van der Waals surface area contributed by atoms with Crippen LogP contribution >= 0.6 is 0 Å². The standard InChI is InChI=1S/C17H26N4O3/c1-20(2)10-7-18-16(22)15-4-3-14(13-19-15)21-8-5-17(6-9-21)23-11-12-24-17/h3-4,13H,5-12H2,1-2H3,(H,18,22). The fraction of sp³-hybridized carbons (Fsp3) is 0.647. The van der Waals surface area contributed by atoms with Crippen molar-refractivity contribution in [3.63, 3.8) is 0 Å². The van der Waals surface area contributed by atoms with Gasteiger partial charge in [-0.2, -0.15) is 0 Å². The number of ether oxygens (including phenoxy) is 2. The van der Waals surface area contributed by atoms with E-state index in [1.165, 1.54) is 0 Å². The number of piperidine rings is 1. The number of rotatable bonds is 5. The zero-order valence-electron chi connectivity index (χ0n) is 14.5. The summed E-state index contributed by atoms with van der Waals surface area (Å²) < 4.78 is 11.5. The van der Waals surface area contributed by atoms with Crippen LogP contribution in [0.3, 0.4) is 0 Å². The molecule has 132 valence electrons. The second-order valence-corrected chi connectivity index (χ2v) is 6.56. The summed E-state index contributed by atoms with van der Waals surface area (Å²) in [6, 6.07) is 3.75. The van der Waals surface area contributed by atoms with Gasteiger partial charge >= 0.3 is 0 Å². The van der Waals surface area contributed by atoms with Crippen LogP contribution in [0.4, 0.5) is 5.69 Å². The number of likely N-dealkylation sites (N-methyl/N-ethyl adjacent to an activating group) is 1. The van der Waals surface area contributed by atoms with Gasteiger partial charge in [-0.1, -0.05) is 0 Å². The lowest BCUT2D eigenvalue weighted by molar-refractivity contribution is -0.169. The number of anilines is 1. The Morgan fingerprint density at radius 1 is 1.29 bits per heavy atom. The molecule has 0 radical (unpaired) electrons. The molecule has 0 bridgehead atoms. The number of carbonyl (C=O) groups is 1. The SMILES string of the molecule is CN(C)CCNC(=O)c1ccc(N2CCC3(CC2)OCCO3)cn1. The molecule has 2 aliphatic rings. The van der Waals surface area contributed by atoms with E-state index in [1.807, 2.05) is 25.1 Å². The molecule has 0 aliphatic carbocycles. The highest BCUT2D eigenvalue weighted by atomic mass is 16.7. The predicted octanol–water partition coefficient (Wildman–Crippen LogP) is 0.716. The molecule has 3 rings (SSSR count). The van der Waals surface area contributed by atoms with E-state index in [1.54, 1.807) is 12.3 Å². The van der Waals surface area contributed by atoms with E-state index in [4.69, 9.17) is 9.47 Å². The normalized spacial score (nSPS) is 19.9. The van der Waals surface area contributed by atoms with Gasteiger partial charge in [-0.05, 0) is 26.2 Å².